The number of ether oxygens (including phenoxy) is 2. The van der Waals surface area contributed by atoms with Gasteiger partial charge in [-0.3, -0.25) is 4.99 Å². The Bertz CT molecular complexity index is 511. The van der Waals surface area contributed by atoms with Crippen molar-refractivity contribution in [2.45, 2.75) is 13.0 Å². The third kappa shape index (κ3) is 3.18. The van der Waals surface area contributed by atoms with Crippen molar-refractivity contribution in [2.24, 2.45) is 4.99 Å². The fourth-order valence-corrected chi connectivity index (χ4v) is 2.09. The topological polar surface area (TPSA) is 30.8 Å². The Morgan fingerprint density at radius 1 is 0.800 bits per heavy atom. The molecule has 0 saturated heterocycles. The third-order valence-corrected chi connectivity index (χ3v) is 3.16. The summed E-state index contributed by atoms with van der Waals surface area (Å²) in [6, 6.07) is 16.0. The van der Waals surface area contributed by atoms with Crippen molar-refractivity contribution in [3.05, 3.63) is 59.7 Å². The molecule has 20 heavy (non-hydrogen) atoms. The zero-order valence-corrected chi connectivity index (χ0v) is 12.0. The van der Waals surface area contributed by atoms with Crippen LogP contribution in [0.1, 0.15) is 24.1 Å². The van der Waals surface area contributed by atoms with Crippen molar-refractivity contribution in [3.8, 4) is 11.5 Å². The van der Waals surface area contributed by atoms with Crippen LogP contribution in [0.15, 0.2) is 53.5 Å². The molecule has 0 N–H and O–H groups in total. The van der Waals surface area contributed by atoms with E-state index in [2.05, 4.69) is 4.99 Å². The molecule has 0 amide bonds. The number of hydrogen-bond acceptors (Lipinski definition) is 3. The van der Waals surface area contributed by atoms with Crippen LogP contribution in [0, 0.1) is 0 Å². The lowest BCUT2D eigenvalue weighted by Crippen LogP contribution is -1.98. The van der Waals surface area contributed by atoms with Gasteiger partial charge in [-0.25, -0.2) is 0 Å². The van der Waals surface area contributed by atoms with Crippen LogP contribution in [-0.2, 0) is 0 Å². The number of nitrogens with zero attached hydrogens (tertiary/aromatic N) is 1. The van der Waals surface area contributed by atoms with Crippen LogP contribution in [0.3, 0.4) is 0 Å². The second-order valence-corrected chi connectivity index (χ2v) is 4.36. The van der Waals surface area contributed by atoms with Crippen molar-refractivity contribution in [1.82, 2.24) is 0 Å². The molecule has 3 nitrogen and oxygen atoms in total. The molecule has 104 valence electrons. The molecule has 2 aromatic carbocycles. The SMILES string of the molecule is CC=NC(c1ccc(OC)cc1)c1ccc(OC)cc1. The van der Waals surface area contributed by atoms with Gasteiger partial charge in [-0.1, -0.05) is 24.3 Å². The van der Waals surface area contributed by atoms with E-state index in [4.69, 9.17) is 9.47 Å². The van der Waals surface area contributed by atoms with Gasteiger partial charge in [0.25, 0.3) is 0 Å². The highest BCUT2D eigenvalue weighted by molar-refractivity contribution is 5.55. The number of aliphatic imine (C=N–C) groups is 1. The number of methoxy groups -OCH3 is 2. The van der Waals surface area contributed by atoms with Gasteiger partial charge in [-0.2, -0.15) is 0 Å². The van der Waals surface area contributed by atoms with Crippen molar-refractivity contribution >= 4 is 6.21 Å². The molecule has 0 atom stereocenters. The first-order chi connectivity index (χ1) is 9.78. The molecule has 0 saturated carbocycles. The fourth-order valence-electron chi connectivity index (χ4n) is 2.09. The summed E-state index contributed by atoms with van der Waals surface area (Å²) in [5.41, 5.74) is 2.27. The minimum Gasteiger partial charge on any atom is -0.497 e. The first kappa shape index (κ1) is 14.1. The molecule has 0 fully saturated rings. The summed E-state index contributed by atoms with van der Waals surface area (Å²) in [5.74, 6) is 1.70. The van der Waals surface area contributed by atoms with Crippen molar-refractivity contribution in [1.29, 1.82) is 0 Å². The third-order valence-electron chi connectivity index (χ3n) is 3.16. The average Bonchev–Trinajstić information content (AvgIpc) is 2.53. The van der Waals surface area contributed by atoms with E-state index in [9.17, 15) is 0 Å². The maximum atomic E-state index is 5.19. The maximum absolute atomic E-state index is 5.19. The highest BCUT2D eigenvalue weighted by atomic mass is 16.5. The molecule has 3 heteroatoms. The van der Waals surface area contributed by atoms with Gasteiger partial charge in [0.2, 0.25) is 0 Å². The standard InChI is InChI=1S/C17H19NO2/c1-4-18-17(13-5-9-15(19-2)10-6-13)14-7-11-16(20-3)12-8-14/h4-12,17H,1-3H3. The Labute approximate surface area is 119 Å². The van der Waals surface area contributed by atoms with Gasteiger partial charge in [0.1, 0.15) is 11.5 Å². The second-order valence-electron chi connectivity index (χ2n) is 4.36. The lowest BCUT2D eigenvalue weighted by molar-refractivity contribution is 0.414. The quantitative estimate of drug-likeness (QED) is 0.771. The van der Waals surface area contributed by atoms with Gasteiger partial charge < -0.3 is 9.47 Å². The molecule has 0 bridgehead atoms. The van der Waals surface area contributed by atoms with Crippen molar-refractivity contribution in [2.75, 3.05) is 14.2 Å². The van der Waals surface area contributed by atoms with Crippen LogP contribution < -0.4 is 9.47 Å². The lowest BCUT2D eigenvalue weighted by Gasteiger charge is -2.14. The van der Waals surface area contributed by atoms with Crippen LogP contribution in [0.5, 0.6) is 11.5 Å². The van der Waals surface area contributed by atoms with Crippen LogP contribution in [0.4, 0.5) is 0 Å². The summed E-state index contributed by atoms with van der Waals surface area (Å²) in [5, 5.41) is 0. The van der Waals surface area contributed by atoms with Gasteiger partial charge in [0.15, 0.2) is 0 Å². The molecule has 2 rings (SSSR count). The molecule has 0 unspecified atom stereocenters. The van der Waals surface area contributed by atoms with E-state index >= 15 is 0 Å². The Morgan fingerprint density at radius 3 is 1.50 bits per heavy atom. The van der Waals surface area contributed by atoms with Gasteiger partial charge in [-0.15, -0.1) is 0 Å². The van der Waals surface area contributed by atoms with Gasteiger partial charge >= 0.3 is 0 Å². The van der Waals surface area contributed by atoms with Crippen molar-refractivity contribution in [3.63, 3.8) is 0 Å². The highest BCUT2D eigenvalue weighted by Crippen LogP contribution is 2.28. The first-order valence-electron chi connectivity index (χ1n) is 6.54. The molecular weight excluding hydrogens is 250 g/mol. The molecule has 0 aliphatic heterocycles. The molecule has 0 radical (unpaired) electrons. The Morgan fingerprint density at radius 2 is 1.20 bits per heavy atom. The highest BCUT2D eigenvalue weighted by Gasteiger charge is 2.12. The second kappa shape index (κ2) is 6.75. The van der Waals surface area contributed by atoms with E-state index in [1.54, 1.807) is 14.2 Å². The number of hydrogen-bond donors (Lipinski definition) is 0. The summed E-state index contributed by atoms with van der Waals surface area (Å²) in [6.07, 6.45) is 1.83. The minimum absolute atomic E-state index is 0.00295. The van der Waals surface area contributed by atoms with E-state index in [1.807, 2.05) is 61.7 Å². The Balaban J connectivity index is 2.33. The number of rotatable bonds is 5. The van der Waals surface area contributed by atoms with E-state index in [0.717, 1.165) is 22.6 Å². The van der Waals surface area contributed by atoms with Crippen LogP contribution >= 0.6 is 0 Å². The van der Waals surface area contributed by atoms with Gasteiger partial charge in [0, 0.05) is 0 Å². The van der Waals surface area contributed by atoms with Crippen LogP contribution in [-0.4, -0.2) is 20.4 Å². The van der Waals surface area contributed by atoms with E-state index in [-0.39, 0.29) is 6.04 Å². The summed E-state index contributed by atoms with van der Waals surface area (Å²) in [6.45, 7) is 1.93. The van der Waals surface area contributed by atoms with Gasteiger partial charge in [0.05, 0.1) is 20.3 Å². The fraction of sp³-hybridized carbons (Fsp3) is 0.235. The predicted octanol–water partition coefficient (Wildman–Crippen LogP) is 3.88. The van der Waals surface area contributed by atoms with Gasteiger partial charge in [-0.05, 0) is 48.5 Å². The molecule has 0 heterocycles. The normalized spacial score (nSPS) is 11.0. The van der Waals surface area contributed by atoms with E-state index < -0.39 is 0 Å². The molecule has 0 aliphatic carbocycles. The molecule has 2 aromatic rings. The molecule has 0 spiro atoms. The minimum atomic E-state index is -0.00295. The zero-order valence-electron chi connectivity index (χ0n) is 12.0. The van der Waals surface area contributed by atoms with Crippen molar-refractivity contribution < 1.29 is 9.47 Å². The Hall–Kier alpha value is -2.29. The summed E-state index contributed by atoms with van der Waals surface area (Å²) in [7, 11) is 3.33. The smallest absolute Gasteiger partial charge is 0.118 e. The summed E-state index contributed by atoms with van der Waals surface area (Å²) >= 11 is 0. The predicted molar refractivity (Wildman–Crippen MR) is 82.0 cm³/mol. The average molecular weight is 269 g/mol. The van der Waals surface area contributed by atoms with E-state index in [1.165, 1.54) is 0 Å². The summed E-state index contributed by atoms with van der Waals surface area (Å²) < 4.78 is 10.4. The van der Waals surface area contributed by atoms with E-state index in [0.29, 0.717) is 0 Å². The van der Waals surface area contributed by atoms with Crippen LogP contribution in [0.25, 0.3) is 0 Å². The molecule has 0 aromatic heterocycles. The number of benzene rings is 2. The first-order valence-corrected chi connectivity index (χ1v) is 6.54. The maximum Gasteiger partial charge on any atom is 0.118 e. The zero-order chi connectivity index (χ0) is 14.4. The lowest BCUT2D eigenvalue weighted by atomic mass is 9.99. The molecule has 0 aliphatic rings. The van der Waals surface area contributed by atoms with Crippen LogP contribution in [0.2, 0.25) is 0 Å². The Kier molecular flexibility index (Phi) is 4.77. The largest absolute Gasteiger partial charge is 0.497 e. The monoisotopic (exact) mass is 269 g/mol. The summed E-state index contributed by atoms with van der Waals surface area (Å²) in [4.78, 5) is 4.57. The molecular formula is C17H19NO2.